The average Bonchev–Trinajstić information content (AvgIpc) is 2.83. The van der Waals surface area contributed by atoms with Crippen molar-refractivity contribution in [1.29, 1.82) is 0 Å². The summed E-state index contributed by atoms with van der Waals surface area (Å²) < 4.78 is 28.0. The molecule has 1 fully saturated rings. The van der Waals surface area contributed by atoms with Crippen LogP contribution in [0.25, 0.3) is 0 Å². The number of methoxy groups -OCH3 is 5. The first-order chi connectivity index (χ1) is 15.5. The number of rotatable bonds is 9. The van der Waals surface area contributed by atoms with Gasteiger partial charge in [-0.3, -0.25) is 9.69 Å². The summed E-state index contributed by atoms with van der Waals surface area (Å²) in [4.78, 5) is 13.9. The van der Waals surface area contributed by atoms with E-state index in [0.717, 1.165) is 24.1 Å². The fraction of sp³-hybridized carbons (Fsp3) is 0.458. The lowest BCUT2D eigenvalue weighted by molar-refractivity contribution is -0.143. The number of carboxylic acids is 1. The third-order valence-electron chi connectivity index (χ3n) is 5.93. The number of hydrogen-bond donors (Lipinski definition) is 1. The van der Waals surface area contributed by atoms with Gasteiger partial charge in [-0.2, -0.15) is 0 Å². The summed E-state index contributed by atoms with van der Waals surface area (Å²) in [6.45, 7) is 1.13. The van der Waals surface area contributed by atoms with Crippen molar-refractivity contribution in [3.8, 4) is 28.7 Å². The Hall–Kier alpha value is -3.13. The van der Waals surface area contributed by atoms with E-state index in [1.54, 1.807) is 35.5 Å². The van der Waals surface area contributed by atoms with Crippen LogP contribution in [-0.4, -0.2) is 64.6 Å². The van der Waals surface area contributed by atoms with E-state index in [4.69, 9.17) is 23.7 Å². The maximum Gasteiger partial charge on any atom is 0.307 e. The Labute approximate surface area is 188 Å². The Kier molecular flexibility index (Phi) is 7.69. The van der Waals surface area contributed by atoms with Crippen molar-refractivity contribution in [3.63, 3.8) is 0 Å². The smallest absolute Gasteiger partial charge is 0.307 e. The molecular weight excluding hydrogens is 414 g/mol. The van der Waals surface area contributed by atoms with E-state index in [-0.39, 0.29) is 6.04 Å². The van der Waals surface area contributed by atoms with E-state index in [1.165, 1.54) is 0 Å². The fourth-order valence-corrected chi connectivity index (χ4v) is 4.40. The van der Waals surface area contributed by atoms with E-state index in [2.05, 4.69) is 4.90 Å². The van der Waals surface area contributed by atoms with Crippen LogP contribution in [0.15, 0.2) is 30.3 Å². The zero-order valence-corrected chi connectivity index (χ0v) is 19.2. The van der Waals surface area contributed by atoms with Crippen molar-refractivity contribution in [1.82, 2.24) is 4.90 Å². The highest BCUT2D eigenvalue weighted by Gasteiger charge is 2.35. The molecular formula is C24H31NO7. The summed E-state index contributed by atoms with van der Waals surface area (Å²) in [7, 11) is 7.94. The summed E-state index contributed by atoms with van der Waals surface area (Å²) >= 11 is 0. The van der Waals surface area contributed by atoms with Crippen LogP contribution in [0.2, 0.25) is 0 Å². The second kappa shape index (κ2) is 10.5. The van der Waals surface area contributed by atoms with Gasteiger partial charge < -0.3 is 28.8 Å². The molecule has 2 atom stereocenters. The number of piperidine rings is 1. The third kappa shape index (κ3) is 4.55. The van der Waals surface area contributed by atoms with Crippen LogP contribution in [-0.2, 0) is 4.79 Å². The molecule has 1 N–H and O–H groups in total. The molecule has 3 rings (SSSR count). The summed E-state index contributed by atoms with van der Waals surface area (Å²) in [5, 5.41) is 9.68. The molecule has 2 aromatic carbocycles. The van der Waals surface area contributed by atoms with Crippen molar-refractivity contribution in [2.75, 3.05) is 48.6 Å². The topological polar surface area (TPSA) is 86.7 Å². The maximum absolute atomic E-state index is 11.8. The Morgan fingerprint density at radius 3 is 2.19 bits per heavy atom. The largest absolute Gasteiger partial charge is 0.497 e. The molecule has 0 aromatic heterocycles. The Morgan fingerprint density at radius 2 is 1.59 bits per heavy atom. The summed E-state index contributed by atoms with van der Waals surface area (Å²) in [5.41, 5.74) is 1.67. The second-order valence-corrected chi connectivity index (χ2v) is 7.61. The van der Waals surface area contributed by atoms with Crippen LogP contribution in [0, 0.1) is 5.92 Å². The lowest BCUT2D eigenvalue weighted by atomic mass is 9.90. The van der Waals surface area contributed by atoms with E-state index < -0.39 is 11.9 Å². The lowest BCUT2D eigenvalue weighted by Crippen LogP contribution is -2.41. The van der Waals surface area contributed by atoms with Crippen molar-refractivity contribution >= 4 is 5.97 Å². The Bertz CT molecular complexity index is 946. The molecule has 174 valence electrons. The number of benzene rings is 2. The Balaban J connectivity index is 2.24. The standard InChI is InChI=1S/C24H31NO7/c1-28-16-8-10-19(29-2)18(13-16)21(25-12-6-7-15(14-25)24(26)27)17-9-11-20(30-3)23(32-5)22(17)31-4/h8-11,13,15,21H,6-7,12,14H2,1-5H3,(H,26,27). The van der Waals surface area contributed by atoms with Gasteiger partial charge in [0.25, 0.3) is 0 Å². The lowest BCUT2D eigenvalue weighted by Gasteiger charge is -2.38. The van der Waals surface area contributed by atoms with Crippen molar-refractivity contribution < 1.29 is 33.6 Å². The predicted octanol–water partition coefficient (Wildman–Crippen LogP) is 3.62. The highest BCUT2D eigenvalue weighted by molar-refractivity contribution is 5.70. The first kappa shape index (κ1) is 23.5. The van der Waals surface area contributed by atoms with Crippen molar-refractivity contribution in [2.45, 2.75) is 18.9 Å². The van der Waals surface area contributed by atoms with Gasteiger partial charge in [-0.15, -0.1) is 0 Å². The molecule has 2 unspecified atom stereocenters. The average molecular weight is 446 g/mol. The van der Waals surface area contributed by atoms with Gasteiger partial charge in [0.2, 0.25) is 5.75 Å². The zero-order chi connectivity index (χ0) is 23.3. The van der Waals surface area contributed by atoms with Gasteiger partial charge in [0, 0.05) is 17.7 Å². The summed E-state index contributed by atoms with van der Waals surface area (Å²) in [5.74, 6) is 1.67. The molecule has 0 bridgehead atoms. The predicted molar refractivity (Wildman–Crippen MR) is 119 cm³/mol. The number of likely N-dealkylation sites (tertiary alicyclic amines) is 1. The van der Waals surface area contributed by atoms with Crippen LogP contribution in [0.4, 0.5) is 0 Å². The molecule has 1 saturated heterocycles. The van der Waals surface area contributed by atoms with Gasteiger partial charge in [-0.1, -0.05) is 0 Å². The van der Waals surface area contributed by atoms with Gasteiger partial charge in [0.05, 0.1) is 47.5 Å². The van der Waals surface area contributed by atoms with Gasteiger partial charge in [-0.25, -0.2) is 0 Å². The van der Waals surface area contributed by atoms with Crippen molar-refractivity contribution in [2.24, 2.45) is 5.92 Å². The highest BCUT2D eigenvalue weighted by Crippen LogP contribution is 2.48. The summed E-state index contributed by atoms with van der Waals surface area (Å²) in [6.07, 6.45) is 1.42. The van der Waals surface area contributed by atoms with Crippen LogP contribution in [0.1, 0.15) is 30.0 Å². The SMILES string of the molecule is COc1ccc(OC)c(C(c2ccc(OC)c(OC)c2OC)N2CCCC(C(=O)O)C2)c1. The minimum Gasteiger partial charge on any atom is -0.497 e. The second-order valence-electron chi connectivity index (χ2n) is 7.61. The monoisotopic (exact) mass is 445 g/mol. The molecule has 0 aliphatic carbocycles. The fourth-order valence-electron chi connectivity index (χ4n) is 4.40. The molecule has 1 aliphatic rings. The molecule has 1 heterocycles. The maximum atomic E-state index is 11.8. The number of carbonyl (C=O) groups is 1. The first-order valence-electron chi connectivity index (χ1n) is 10.5. The zero-order valence-electron chi connectivity index (χ0n) is 19.2. The molecule has 2 aromatic rings. The minimum absolute atomic E-state index is 0.350. The number of nitrogens with zero attached hydrogens (tertiary/aromatic N) is 1. The minimum atomic E-state index is -0.787. The quantitative estimate of drug-likeness (QED) is 0.626. The molecule has 0 spiro atoms. The highest BCUT2D eigenvalue weighted by atomic mass is 16.5. The van der Waals surface area contributed by atoms with Crippen LogP contribution >= 0.6 is 0 Å². The van der Waals surface area contributed by atoms with Crippen LogP contribution in [0.3, 0.4) is 0 Å². The number of carboxylic acid groups (broad SMARTS) is 1. The molecule has 1 aliphatic heterocycles. The van der Waals surface area contributed by atoms with Gasteiger partial charge in [0.15, 0.2) is 11.5 Å². The van der Waals surface area contributed by atoms with Crippen LogP contribution in [0.5, 0.6) is 28.7 Å². The molecule has 0 amide bonds. The van der Waals surface area contributed by atoms with Gasteiger partial charge in [-0.05, 0) is 49.7 Å². The normalized spacial score (nSPS) is 17.3. The van der Waals surface area contributed by atoms with E-state index in [0.29, 0.717) is 41.7 Å². The van der Waals surface area contributed by atoms with Crippen LogP contribution < -0.4 is 23.7 Å². The van der Waals surface area contributed by atoms with Crippen molar-refractivity contribution in [3.05, 3.63) is 41.5 Å². The van der Waals surface area contributed by atoms with E-state index in [1.807, 2.05) is 30.3 Å². The number of ether oxygens (including phenoxy) is 5. The molecule has 0 radical (unpaired) electrons. The van der Waals surface area contributed by atoms with E-state index >= 15 is 0 Å². The molecule has 0 saturated carbocycles. The van der Waals surface area contributed by atoms with E-state index in [9.17, 15) is 9.90 Å². The summed E-state index contributed by atoms with van der Waals surface area (Å²) in [6, 6.07) is 9.01. The van der Waals surface area contributed by atoms with Gasteiger partial charge in [0.1, 0.15) is 11.5 Å². The molecule has 8 heteroatoms. The number of hydrogen-bond acceptors (Lipinski definition) is 7. The third-order valence-corrected chi connectivity index (χ3v) is 5.93. The molecule has 8 nitrogen and oxygen atoms in total. The first-order valence-corrected chi connectivity index (χ1v) is 10.5. The Morgan fingerprint density at radius 1 is 0.906 bits per heavy atom. The number of aliphatic carboxylic acids is 1. The van der Waals surface area contributed by atoms with Gasteiger partial charge >= 0.3 is 5.97 Å². The molecule has 32 heavy (non-hydrogen) atoms.